The van der Waals surface area contributed by atoms with Crippen LogP contribution in [0.2, 0.25) is 0 Å². The quantitative estimate of drug-likeness (QED) is 0.618. The average molecular weight is 234 g/mol. The summed E-state index contributed by atoms with van der Waals surface area (Å²) in [5.41, 5.74) is 7.85. The maximum absolute atomic E-state index is 11.9. The Hall–Kier alpha value is -1.97. The largest absolute Gasteiger partial charge is 0.496 e. The standard InChI is InChI=1S/C13H18N2O2/c1-9(2)6-7-15-13(16)11-5-4-10(14)8-12(11)17-3/h4-6,8H,7,14H2,1-3H3,(H,15,16). The zero-order valence-electron chi connectivity index (χ0n) is 10.4. The number of carbonyl (C=O) groups is 1. The van der Waals surface area contributed by atoms with Crippen molar-refractivity contribution >= 4 is 11.6 Å². The van der Waals surface area contributed by atoms with Crippen molar-refractivity contribution in [3.05, 3.63) is 35.4 Å². The third-order valence-electron chi connectivity index (χ3n) is 2.24. The molecule has 0 bridgehead atoms. The number of hydrogen-bond donors (Lipinski definition) is 2. The Bertz CT molecular complexity index is 435. The number of rotatable bonds is 4. The van der Waals surface area contributed by atoms with Gasteiger partial charge in [-0.2, -0.15) is 0 Å². The minimum atomic E-state index is -0.167. The fraction of sp³-hybridized carbons (Fsp3) is 0.308. The van der Waals surface area contributed by atoms with Gasteiger partial charge < -0.3 is 15.8 Å². The molecule has 0 fully saturated rings. The molecule has 0 aliphatic heterocycles. The summed E-state index contributed by atoms with van der Waals surface area (Å²) in [6.45, 7) is 4.47. The Balaban J connectivity index is 2.78. The molecule has 0 radical (unpaired) electrons. The number of nitrogen functional groups attached to an aromatic ring is 1. The van der Waals surface area contributed by atoms with Crippen molar-refractivity contribution in [1.82, 2.24) is 5.32 Å². The molecule has 0 aliphatic carbocycles. The number of hydrogen-bond acceptors (Lipinski definition) is 3. The Morgan fingerprint density at radius 1 is 1.47 bits per heavy atom. The van der Waals surface area contributed by atoms with E-state index >= 15 is 0 Å². The molecule has 0 unspecified atom stereocenters. The molecule has 0 saturated heterocycles. The highest BCUT2D eigenvalue weighted by atomic mass is 16.5. The molecular weight excluding hydrogens is 216 g/mol. The molecule has 1 aromatic rings. The Morgan fingerprint density at radius 3 is 2.76 bits per heavy atom. The van der Waals surface area contributed by atoms with Crippen LogP contribution in [0.25, 0.3) is 0 Å². The summed E-state index contributed by atoms with van der Waals surface area (Å²) in [6, 6.07) is 4.97. The molecule has 0 heterocycles. The second kappa shape index (κ2) is 5.94. The fourth-order valence-corrected chi connectivity index (χ4v) is 1.34. The van der Waals surface area contributed by atoms with E-state index in [1.165, 1.54) is 7.11 Å². The second-order valence-electron chi connectivity index (χ2n) is 3.95. The number of amides is 1. The van der Waals surface area contributed by atoms with Gasteiger partial charge in [-0.15, -0.1) is 0 Å². The Kier molecular flexibility index (Phi) is 4.57. The van der Waals surface area contributed by atoms with Crippen LogP contribution in [0.3, 0.4) is 0 Å². The number of nitrogens with two attached hydrogens (primary N) is 1. The molecule has 3 N–H and O–H groups in total. The first-order valence-electron chi connectivity index (χ1n) is 5.39. The number of methoxy groups -OCH3 is 1. The molecule has 92 valence electrons. The van der Waals surface area contributed by atoms with Crippen molar-refractivity contribution in [3.8, 4) is 5.75 Å². The van der Waals surface area contributed by atoms with Gasteiger partial charge in [0.15, 0.2) is 0 Å². The Morgan fingerprint density at radius 2 is 2.18 bits per heavy atom. The zero-order chi connectivity index (χ0) is 12.8. The molecule has 0 spiro atoms. The zero-order valence-corrected chi connectivity index (χ0v) is 10.4. The van der Waals surface area contributed by atoms with Crippen molar-refractivity contribution < 1.29 is 9.53 Å². The van der Waals surface area contributed by atoms with Gasteiger partial charge in [-0.05, 0) is 26.0 Å². The normalized spacial score (nSPS) is 9.59. The van der Waals surface area contributed by atoms with E-state index in [4.69, 9.17) is 10.5 Å². The third-order valence-corrected chi connectivity index (χ3v) is 2.24. The summed E-state index contributed by atoms with van der Waals surface area (Å²) in [5.74, 6) is 0.319. The smallest absolute Gasteiger partial charge is 0.255 e. The molecule has 1 aromatic carbocycles. The first-order valence-corrected chi connectivity index (χ1v) is 5.39. The Labute approximate surface area is 101 Å². The van der Waals surface area contributed by atoms with Crippen LogP contribution in [0.15, 0.2) is 29.8 Å². The van der Waals surface area contributed by atoms with Gasteiger partial charge in [0.05, 0.1) is 12.7 Å². The first kappa shape index (κ1) is 13.1. The van der Waals surface area contributed by atoms with Gasteiger partial charge >= 0.3 is 0 Å². The molecule has 0 atom stereocenters. The predicted octanol–water partition coefficient (Wildman–Crippen LogP) is 1.97. The van der Waals surface area contributed by atoms with Crippen molar-refractivity contribution in [2.45, 2.75) is 13.8 Å². The summed E-state index contributed by atoms with van der Waals surface area (Å²) in [4.78, 5) is 11.9. The molecule has 4 heteroatoms. The summed E-state index contributed by atoms with van der Waals surface area (Å²) >= 11 is 0. The lowest BCUT2D eigenvalue weighted by molar-refractivity contribution is 0.0955. The highest BCUT2D eigenvalue weighted by Crippen LogP contribution is 2.21. The van der Waals surface area contributed by atoms with Crippen LogP contribution in [-0.4, -0.2) is 19.6 Å². The number of anilines is 1. The van der Waals surface area contributed by atoms with Crippen LogP contribution in [0.4, 0.5) is 5.69 Å². The lowest BCUT2D eigenvalue weighted by Crippen LogP contribution is -2.24. The van der Waals surface area contributed by atoms with Gasteiger partial charge in [0.2, 0.25) is 0 Å². The molecule has 17 heavy (non-hydrogen) atoms. The highest BCUT2D eigenvalue weighted by molar-refractivity contribution is 5.97. The number of allylic oxidation sites excluding steroid dienone is 1. The highest BCUT2D eigenvalue weighted by Gasteiger charge is 2.11. The number of nitrogens with one attached hydrogen (secondary N) is 1. The first-order chi connectivity index (χ1) is 8.04. The maximum atomic E-state index is 11.9. The van der Waals surface area contributed by atoms with Crippen LogP contribution >= 0.6 is 0 Å². The van der Waals surface area contributed by atoms with E-state index in [9.17, 15) is 4.79 Å². The molecule has 0 aliphatic rings. The molecule has 0 aromatic heterocycles. The molecule has 1 rings (SSSR count). The van der Waals surface area contributed by atoms with Gasteiger partial charge in [0, 0.05) is 18.3 Å². The molecular formula is C13H18N2O2. The van der Waals surface area contributed by atoms with Crippen LogP contribution in [0.1, 0.15) is 24.2 Å². The number of benzene rings is 1. The number of carbonyl (C=O) groups excluding carboxylic acids is 1. The lowest BCUT2D eigenvalue weighted by Gasteiger charge is -2.09. The predicted molar refractivity (Wildman–Crippen MR) is 69.2 cm³/mol. The minimum absolute atomic E-state index is 0.167. The molecule has 1 amide bonds. The summed E-state index contributed by atoms with van der Waals surface area (Å²) in [7, 11) is 1.52. The van der Waals surface area contributed by atoms with E-state index in [0.717, 1.165) is 5.57 Å². The summed E-state index contributed by atoms with van der Waals surface area (Å²) in [6.07, 6.45) is 1.95. The van der Waals surface area contributed by atoms with E-state index < -0.39 is 0 Å². The van der Waals surface area contributed by atoms with Gasteiger partial charge in [-0.3, -0.25) is 4.79 Å². The summed E-state index contributed by atoms with van der Waals surface area (Å²) < 4.78 is 5.12. The average Bonchev–Trinajstić information content (AvgIpc) is 2.28. The van der Waals surface area contributed by atoms with Crippen molar-refractivity contribution in [2.75, 3.05) is 19.4 Å². The van der Waals surface area contributed by atoms with Crippen LogP contribution < -0.4 is 15.8 Å². The van der Waals surface area contributed by atoms with Crippen LogP contribution in [-0.2, 0) is 0 Å². The lowest BCUT2D eigenvalue weighted by atomic mass is 10.1. The topological polar surface area (TPSA) is 64.3 Å². The van der Waals surface area contributed by atoms with Crippen LogP contribution in [0.5, 0.6) is 5.75 Å². The SMILES string of the molecule is COc1cc(N)ccc1C(=O)NCC=C(C)C. The van der Waals surface area contributed by atoms with Gasteiger partial charge in [-0.1, -0.05) is 11.6 Å². The maximum Gasteiger partial charge on any atom is 0.255 e. The monoisotopic (exact) mass is 234 g/mol. The van der Waals surface area contributed by atoms with E-state index in [2.05, 4.69) is 5.32 Å². The van der Waals surface area contributed by atoms with Crippen LogP contribution in [0, 0.1) is 0 Å². The molecule has 4 nitrogen and oxygen atoms in total. The fourth-order valence-electron chi connectivity index (χ4n) is 1.34. The van der Waals surface area contributed by atoms with Crippen molar-refractivity contribution in [2.24, 2.45) is 0 Å². The van der Waals surface area contributed by atoms with E-state index in [1.807, 2.05) is 19.9 Å². The van der Waals surface area contributed by atoms with Gasteiger partial charge in [-0.25, -0.2) is 0 Å². The third kappa shape index (κ3) is 3.83. The van der Waals surface area contributed by atoms with Crippen molar-refractivity contribution in [1.29, 1.82) is 0 Å². The van der Waals surface area contributed by atoms with E-state index in [1.54, 1.807) is 18.2 Å². The summed E-state index contributed by atoms with van der Waals surface area (Å²) in [5, 5.41) is 2.79. The van der Waals surface area contributed by atoms with E-state index in [-0.39, 0.29) is 5.91 Å². The minimum Gasteiger partial charge on any atom is -0.496 e. The molecule has 0 saturated carbocycles. The van der Waals surface area contributed by atoms with Crippen molar-refractivity contribution in [3.63, 3.8) is 0 Å². The second-order valence-corrected chi connectivity index (χ2v) is 3.95. The number of ether oxygens (including phenoxy) is 1. The van der Waals surface area contributed by atoms with Gasteiger partial charge in [0.25, 0.3) is 5.91 Å². The van der Waals surface area contributed by atoms with E-state index in [0.29, 0.717) is 23.5 Å². The van der Waals surface area contributed by atoms with Gasteiger partial charge in [0.1, 0.15) is 5.75 Å².